The van der Waals surface area contributed by atoms with Gasteiger partial charge < -0.3 is 5.32 Å². The molecule has 0 spiro atoms. The van der Waals surface area contributed by atoms with Crippen LogP contribution in [0.3, 0.4) is 0 Å². The van der Waals surface area contributed by atoms with Gasteiger partial charge in [-0.15, -0.1) is 10.2 Å². The molecule has 0 aliphatic carbocycles. The highest BCUT2D eigenvalue weighted by atomic mass is 32.2. The molecule has 0 aliphatic rings. The van der Waals surface area contributed by atoms with Crippen molar-refractivity contribution in [2.45, 2.75) is 39.1 Å². The average Bonchev–Trinajstić information content (AvgIpc) is 2.70. The Morgan fingerprint density at radius 1 is 0.929 bits per heavy atom. The van der Waals surface area contributed by atoms with Gasteiger partial charge >= 0.3 is 0 Å². The zero-order valence-electron chi connectivity index (χ0n) is 16.7. The van der Waals surface area contributed by atoms with E-state index in [-0.39, 0.29) is 5.91 Å². The van der Waals surface area contributed by atoms with Crippen LogP contribution in [0.4, 0.5) is 5.69 Å². The van der Waals surface area contributed by atoms with E-state index in [2.05, 4.69) is 55.3 Å². The quantitative estimate of drug-likeness (QED) is 0.575. The van der Waals surface area contributed by atoms with E-state index in [4.69, 9.17) is 0 Å². The molecule has 0 radical (unpaired) electrons. The van der Waals surface area contributed by atoms with Crippen molar-refractivity contribution in [1.29, 1.82) is 0 Å². The van der Waals surface area contributed by atoms with Gasteiger partial charge in [0.05, 0.1) is 11.4 Å². The molecule has 0 saturated carbocycles. The van der Waals surface area contributed by atoms with Crippen LogP contribution >= 0.6 is 11.8 Å². The van der Waals surface area contributed by atoms with Gasteiger partial charge in [0.2, 0.25) is 5.91 Å². The molecule has 1 N–H and O–H groups in total. The van der Waals surface area contributed by atoms with E-state index in [1.54, 1.807) is 0 Å². The Bertz CT molecular complexity index is 966. The number of benzene rings is 2. The summed E-state index contributed by atoms with van der Waals surface area (Å²) in [4.78, 5) is 12.2. The van der Waals surface area contributed by atoms with E-state index in [1.807, 2.05) is 36.4 Å². The summed E-state index contributed by atoms with van der Waals surface area (Å²) in [5.74, 6) is 0.247. The summed E-state index contributed by atoms with van der Waals surface area (Å²) in [5, 5.41) is 12.3. The lowest BCUT2D eigenvalue weighted by atomic mass is 9.99. The fourth-order valence-corrected chi connectivity index (χ4v) is 3.55. The van der Waals surface area contributed by atoms with Gasteiger partial charge in [-0.3, -0.25) is 4.79 Å². The molecule has 0 atom stereocenters. The monoisotopic (exact) mass is 391 g/mol. The third-order valence-electron chi connectivity index (χ3n) is 4.75. The third-order valence-corrected chi connectivity index (χ3v) is 5.67. The number of carbonyl (C=O) groups is 1. The molecule has 3 aromatic rings. The molecule has 1 heterocycles. The highest BCUT2D eigenvalue weighted by Crippen LogP contribution is 2.25. The lowest BCUT2D eigenvalue weighted by Crippen LogP contribution is -2.14. The lowest BCUT2D eigenvalue weighted by Gasteiger charge is -2.09. The predicted molar refractivity (Wildman–Crippen MR) is 117 cm³/mol. The highest BCUT2D eigenvalue weighted by molar-refractivity contribution is 7.99. The fourth-order valence-electron chi connectivity index (χ4n) is 2.94. The van der Waals surface area contributed by atoms with Crippen LogP contribution in [-0.2, 0) is 11.2 Å². The molecule has 1 aromatic heterocycles. The number of nitrogens with zero attached hydrogens (tertiary/aromatic N) is 2. The number of hydrogen-bond acceptors (Lipinski definition) is 4. The van der Waals surface area contributed by atoms with Gasteiger partial charge in [-0.05, 0) is 79.8 Å². The second kappa shape index (κ2) is 9.02. The predicted octanol–water partition coefficient (Wildman–Crippen LogP) is 5.36. The van der Waals surface area contributed by atoms with Crippen molar-refractivity contribution >= 4 is 23.4 Å². The maximum atomic E-state index is 12.2. The van der Waals surface area contributed by atoms with E-state index in [9.17, 15) is 4.79 Å². The van der Waals surface area contributed by atoms with E-state index in [0.717, 1.165) is 28.4 Å². The van der Waals surface area contributed by atoms with Crippen LogP contribution in [0.15, 0.2) is 53.6 Å². The van der Waals surface area contributed by atoms with Crippen molar-refractivity contribution in [2.75, 3.05) is 11.1 Å². The highest BCUT2D eigenvalue weighted by Gasteiger charge is 2.09. The number of hydrogen-bond donors (Lipinski definition) is 1. The number of aryl methyl sites for hydroxylation is 4. The van der Waals surface area contributed by atoms with Crippen LogP contribution < -0.4 is 5.32 Å². The largest absolute Gasteiger partial charge is 0.325 e. The van der Waals surface area contributed by atoms with Gasteiger partial charge in [0, 0.05) is 11.3 Å². The van der Waals surface area contributed by atoms with Crippen molar-refractivity contribution < 1.29 is 4.79 Å². The first-order valence-corrected chi connectivity index (χ1v) is 10.4. The summed E-state index contributed by atoms with van der Waals surface area (Å²) in [6.07, 6.45) is 0.987. The van der Waals surface area contributed by atoms with Gasteiger partial charge in [-0.2, -0.15) is 0 Å². The second-order valence-electron chi connectivity index (χ2n) is 6.90. The molecular formula is C23H25N3OS. The van der Waals surface area contributed by atoms with Crippen LogP contribution in [0.25, 0.3) is 11.3 Å². The number of carbonyl (C=O) groups excluding carboxylic acids is 1. The van der Waals surface area contributed by atoms with Crippen molar-refractivity contribution in [1.82, 2.24) is 10.2 Å². The van der Waals surface area contributed by atoms with Crippen molar-refractivity contribution in [2.24, 2.45) is 0 Å². The number of rotatable bonds is 6. The minimum Gasteiger partial charge on any atom is -0.325 e. The summed E-state index contributed by atoms with van der Waals surface area (Å²) in [6.45, 7) is 8.41. The van der Waals surface area contributed by atoms with Crippen molar-refractivity contribution in [3.8, 4) is 11.3 Å². The molecule has 5 heteroatoms. The molecule has 1 amide bonds. The third kappa shape index (κ3) is 4.98. The van der Waals surface area contributed by atoms with Gasteiger partial charge in [0.1, 0.15) is 5.03 Å². The molecule has 4 nitrogen and oxygen atoms in total. The number of thioether (sulfide) groups is 1. The van der Waals surface area contributed by atoms with Gasteiger partial charge in [-0.1, -0.05) is 36.9 Å². The van der Waals surface area contributed by atoms with Crippen LogP contribution in [0.5, 0.6) is 0 Å². The minimum atomic E-state index is -0.0508. The molecule has 3 rings (SSSR count). The van der Waals surface area contributed by atoms with Crippen LogP contribution in [-0.4, -0.2) is 21.9 Å². The van der Waals surface area contributed by atoms with E-state index in [0.29, 0.717) is 5.75 Å². The fraction of sp³-hybridized carbons (Fsp3) is 0.261. The molecule has 144 valence electrons. The normalized spacial score (nSPS) is 10.7. The topological polar surface area (TPSA) is 54.9 Å². The van der Waals surface area contributed by atoms with Crippen LogP contribution in [0.2, 0.25) is 0 Å². The minimum absolute atomic E-state index is 0.0508. The average molecular weight is 392 g/mol. The SMILES string of the molecule is CCc1ccc(NC(=O)CSc2ccc(-c3cc(C)c(C)cc3C)nn2)cc1. The summed E-state index contributed by atoms with van der Waals surface area (Å²) >= 11 is 1.38. The number of anilines is 1. The molecular weight excluding hydrogens is 366 g/mol. The maximum Gasteiger partial charge on any atom is 0.234 e. The van der Waals surface area contributed by atoms with Gasteiger partial charge in [0.25, 0.3) is 0 Å². The maximum absolute atomic E-state index is 12.2. The smallest absolute Gasteiger partial charge is 0.234 e. The van der Waals surface area contributed by atoms with E-state index < -0.39 is 0 Å². The van der Waals surface area contributed by atoms with Crippen LogP contribution in [0.1, 0.15) is 29.2 Å². The van der Waals surface area contributed by atoms with Gasteiger partial charge in [-0.25, -0.2) is 0 Å². The molecule has 0 bridgehead atoms. The summed E-state index contributed by atoms with van der Waals surface area (Å²) in [7, 11) is 0. The first-order chi connectivity index (χ1) is 13.5. The Hall–Kier alpha value is -2.66. The molecule has 0 saturated heterocycles. The lowest BCUT2D eigenvalue weighted by molar-refractivity contribution is -0.113. The molecule has 0 fully saturated rings. The van der Waals surface area contributed by atoms with Crippen molar-refractivity contribution in [3.63, 3.8) is 0 Å². The van der Waals surface area contributed by atoms with E-state index >= 15 is 0 Å². The van der Waals surface area contributed by atoms with E-state index in [1.165, 1.54) is 34.0 Å². The molecule has 0 aliphatic heterocycles. The number of nitrogens with one attached hydrogen (secondary N) is 1. The zero-order valence-corrected chi connectivity index (χ0v) is 17.6. The standard InChI is InChI=1S/C23H25N3OS/c1-5-18-6-8-19(9-7-18)24-22(27)14-28-23-11-10-21(25-26-23)20-13-16(3)15(2)12-17(20)4/h6-13H,5,14H2,1-4H3,(H,24,27). The van der Waals surface area contributed by atoms with Crippen LogP contribution in [0, 0.1) is 20.8 Å². The van der Waals surface area contributed by atoms with Crippen molar-refractivity contribution in [3.05, 3.63) is 70.8 Å². The Labute approximate surface area is 170 Å². The Morgan fingerprint density at radius 3 is 2.29 bits per heavy atom. The Balaban J connectivity index is 1.59. The molecule has 0 unspecified atom stereocenters. The Kier molecular flexibility index (Phi) is 6.47. The Morgan fingerprint density at radius 2 is 1.64 bits per heavy atom. The molecule has 28 heavy (non-hydrogen) atoms. The number of amides is 1. The summed E-state index contributed by atoms with van der Waals surface area (Å²) in [5.41, 5.74) is 7.72. The summed E-state index contributed by atoms with van der Waals surface area (Å²) in [6, 6.07) is 16.1. The van der Waals surface area contributed by atoms with Gasteiger partial charge in [0.15, 0.2) is 0 Å². The molecule has 2 aromatic carbocycles. The second-order valence-corrected chi connectivity index (χ2v) is 7.89. The first-order valence-electron chi connectivity index (χ1n) is 9.40. The zero-order chi connectivity index (χ0) is 20.1. The first kappa shape index (κ1) is 20.1. The summed E-state index contributed by atoms with van der Waals surface area (Å²) < 4.78 is 0. The number of aromatic nitrogens is 2.